The van der Waals surface area contributed by atoms with E-state index in [0.717, 1.165) is 17.4 Å². The second-order valence-electron chi connectivity index (χ2n) is 3.06. The molecule has 1 unspecified atom stereocenters. The van der Waals surface area contributed by atoms with Crippen molar-refractivity contribution in [2.75, 3.05) is 0 Å². The van der Waals surface area contributed by atoms with Crippen LogP contribution in [0.2, 0.25) is 0 Å². The number of hydrogen-bond acceptors (Lipinski definition) is 1. The molecule has 1 atom stereocenters. The van der Waals surface area contributed by atoms with E-state index in [0.29, 0.717) is 0 Å². The third-order valence-electron chi connectivity index (χ3n) is 1.84. The number of aryl methyl sites for hydroxylation is 1. The van der Waals surface area contributed by atoms with Gasteiger partial charge in [0.25, 0.3) is 0 Å². The maximum Gasteiger partial charge on any atom is 0.145 e. The zero-order valence-corrected chi connectivity index (χ0v) is 7.93. The molecule has 1 nitrogen and oxygen atoms in total. The summed E-state index contributed by atoms with van der Waals surface area (Å²) >= 11 is 5.93. The van der Waals surface area contributed by atoms with Gasteiger partial charge in [-0.05, 0) is 19.4 Å². The Morgan fingerprint density at radius 3 is 2.25 bits per heavy atom. The predicted molar refractivity (Wildman–Crippen MR) is 50.4 cm³/mol. The number of benzene rings is 1. The van der Waals surface area contributed by atoms with Gasteiger partial charge < -0.3 is 4.79 Å². The Kier molecular flexibility index (Phi) is 2.53. The summed E-state index contributed by atoms with van der Waals surface area (Å²) in [6.07, 6.45) is 0.749. The van der Waals surface area contributed by atoms with Crippen molar-refractivity contribution in [3.05, 3.63) is 35.4 Å². The van der Waals surface area contributed by atoms with E-state index in [1.165, 1.54) is 0 Å². The Hall–Kier alpha value is -0.820. The number of rotatable bonds is 2. The van der Waals surface area contributed by atoms with Crippen LogP contribution in [0.4, 0.5) is 0 Å². The number of alkyl halides is 1. The molecule has 0 spiro atoms. The average Bonchev–Trinajstić information content (AvgIpc) is 2.05. The summed E-state index contributed by atoms with van der Waals surface area (Å²) in [6, 6.07) is 7.63. The summed E-state index contributed by atoms with van der Waals surface area (Å²) < 4.78 is 0. The highest BCUT2D eigenvalue weighted by Crippen LogP contribution is 2.25. The van der Waals surface area contributed by atoms with E-state index in [1.807, 2.05) is 31.2 Å². The van der Waals surface area contributed by atoms with Crippen LogP contribution in [0.15, 0.2) is 24.3 Å². The Bertz CT molecular complexity index is 274. The molecule has 0 aliphatic heterocycles. The van der Waals surface area contributed by atoms with Crippen molar-refractivity contribution in [3.8, 4) is 0 Å². The number of carbonyl (C=O) groups is 1. The molecule has 0 aliphatic carbocycles. The molecule has 0 aliphatic rings. The van der Waals surface area contributed by atoms with Crippen LogP contribution in [0.3, 0.4) is 0 Å². The maximum absolute atomic E-state index is 10.6. The van der Waals surface area contributed by atoms with E-state index in [9.17, 15) is 4.79 Å². The fourth-order valence-corrected chi connectivity index (χ4v) is 1.07. The van der Waals surface area contributed by atoms with Gasteiger partial charge in [-0.2, -0.15) is 0 Å². The largest absolute Gasteiger partial charge is 0.301 e. The molecule has 12 heavy (non-hydrogen) atoms. The second kappa shape index (κ2) is 3.28. The standard InChI is InChI=1S/C10H11ClO/c1-8-3-5-9(6-4-8)10(2,11)7-12/h3-7H,1-2H3. The van der Waals surface area contributed by atoms with Crippen LogP contribution in [-0.4, -0.2) is 6.29 Å². The molecule has 0 saturated carbocycles. The second-order valence-corrected chi connectivity index (χ2v) is 3.84. The third kappa shape index (κ3) is 1.86. The Labute approximate surface area is 77.4 Å². The van der Waals surface area contributed by atoms with E-state index >= 15 is 0 Å². The number of carbonyl (C=O) groups excluding carboxylic acids is 1. The number of halogens is 1. The smallest absolute Gasteiger partial charge is 0.145 e. The van der Waals surface area contributed by atoms with E-state index in [2.05, 4.69) is 0 Å². The van der Waals surface area contributed by atoms with Gasteiger partial charge in [0.05, 0.1) is 0 Å². The summed E-state index contributed by atoms with van der Waals surface area (Å²) in [5.74, 6) is 0. The number of hydrogen-bond donors (Lipinski definition) is 0. The highest BCUT2D eigenvalue weighted by Gasteiger charge is 2.21. The quantitative estimate of drug-likeness (QED) is 0.508. The van der Waals surface area contributed by atoms with Crippen molar-refractivity contribution >= 4 is 17.9 Å². The highest BCUT2D eigenvalue weighted by molar-refractivity contribution is 6.31. The fourth-order valence-electron chi connectivity index (χ4n) is 0.947. The van der Waals surface area contributed by atoms with Crippen molar-refractivity contribution in [2.24, 2.45) is 0 Å². The first-order chi connectivity index (χ1) is 5.56. The Morgan fingerprint density at radius 1 is 1.33 bits per heavy atom. The normalized spacial score (nSPS) is 15.2. The van der Waals surface area contributed by atoms with Gasteiger partial charge in [-0.3, -0.25) is 0 Å². The first kappa shape index (κ1) is 9.27. The SMILES string of the molecule is Cc1ccc(C(C)(Cl)C=O)cc1. The van der Waals surface area contributed by atoms with Crippen molar-refractivity contribution in [1.29, 1.82) is 0 Å². The molecule has 0 radical (unpaired) electrons. The monoisotopic (exact) mass is 182 g/mol. The molecule has 2 heteroatoms. The van der Waals surface area contributed by atoms with Crippen molar-refractivity contribution < 1.29 is 4.79 Å². The molecule has 0 amide bonds. The van der Waals surface area contributed by atoms with Crippen LogP contribution in [0, 0.1) is 6.92 Å². The lowest BCUT2D eigenvalue weighted by Gasteiger charge is -2.14. The van der Waals surface area contributed by atoms with Crippen LogP contribution in [0.1, 0.15) is 18.1 Å². The molecular weight excluding hydrogens is 172 g/mol. The summed E-state index contributed by atoms with van der Waals surface area (Å²) in [5, 5.41) is 0. The zero-order valence-electron chi connectivity index (χ0n) is 7.17. The van der Waals surface area contributed by atoms with E-state index in [1.54, 1.807) is 6.92 Å². The van der Waals surface area contributed by atoms with Gasteiger partial charge in [0.15, 0.2) is 0 Å². The van der Waals surface area contributed by atoms with Gasteiger partial charge in [-0.15, -0.1) is 11.6 Å². The van der Waals surface area contributed by atoms with Crippen LogP contribution < -0.4 is 0 Å². The predicted octanol–water partition coefficient (Wildman–Crippen LogP) is 2.65. The molecule has 64 valence electrons. The highest BCUT2D eigenvalue weighted by atomic mass is 35.5. The van der Waals surface area contributed by atoms with Crippen molar-refractivity contribution in [2.45, 2.75) is 18.7 Å². The van der Waals surface area contributed by atoms with E-state index in [-0.39, 0.29) is 0 Å². The topological polar surface area (TPSA) is 17.1 Å². The molecular formula is C10H11ClO. The van der Waals surface area contributed by atoms with Gasteiger partial charge in [0.1, 0.15) is 11.2 Å². The van der Waals surface area contributed by atoms with Crippen LogP contribution in [0.25, 0.3) is 0 Å². The van der Waals surface area contributed by atoms with Crippen LogP contribution in [-0.2, 0) is 9.67 Å². The van der Waals surface area contributed by atoms with E-state index in [4.69, 9.17) is 11.6 Å². The molecule has 1 rings (SSSR count). The van der Waals surface area contributed by atoms with Gasteiger partial charge in [0, 0.05) is 0 Å². The summed E-state index contributed by atoms with van der Waals surface area (Å²) in [4.78, 5) is 9.70. The van der Waals surface area contributed by atoms with Gasteiger partial charge in [-0.1, -0.05) is 29.8 Å². The van der Waals surface area contributed by atoms with Gasteiger partial charge >= 0.3 is 0 Å². The van der Waals surface area contributed by atoms with Crippen molar-refractivity contribution in [1.82, 2.24) is 0 Å². The molecule has 0 bridgehead atoms. The number of aldehydes is 1. The minimum absolute atomic E-state index is 0.749. The van der Waals surface area contributed by atoms with E-state index < -0.39 is 4.87 Å². The molecule has 0 N–H and O–H groups in total. The Morgan fingerprint density at radius 2 is 1.83 bits per heavy atom. The lowest BCUT2D eigenvalue weighted by molar-refractivity contribution is -0.109. The first-order valence-corrected chi connectivity index (χ1v) is 4.16. The summed E-state index contributed by atoms with van der Waals surface area (Å²) in [7, 11) is 0. The molecule has 1 aromatic carbocycles. The van der Waals surface area contributed by atoms with Gasteiger partial charge in [0.2, 0.25) is 0 Å². The summed E-state index contributed by atoms with van der Waals surface area (Å²) in [6.45, 7) is 3.68. The van der Waals surface area contributed by atoms with Crippen molar-refractivity contribution in [3.63, 3.8) is 0 Å². The first-order valence-electron chi connectivity index (χ1n) is 3.78. The average molecular weight is 183 g/mol. The molecule has 0 aromatic heterocycles. The third-order valence-corrected chi connectivity index (χ3v) is 2.14. The summed E-state index contributed by atoms with van der Waals surface area (Å²) in [5.41, 5.74) is 2.00. The maximum atomic E-state index is 10.6. The van der Waals surface area contributed by atoms with Crippen LogP contribution in [0.5, 0.6) is 0 Å². The van der Waals surface area contributed by atoms with Crippen LogP contribution >= 0.6 is 11.6 Å². The minimum Gasteiger partial charge on any atom is -0.301 e. The zero-order chi connectivity index (χ0) is 9.19. The molecule has 0 heterocycles. The lowest BCUT2D eigenvalue weighted by Crippen LogP contribution is -2.14. The van der Waals surface area contributed by atoms with Gasteiger partial charge in [-0.25, -0.2) is 0 Å². The fraction of sp³-hybridized carbons (Fsp3) is 0.300. The minimum atomic E-state index is -0.881. The Balaban J connectivity index is 3.04. The molecule has 1 aromatic rings. The molecule has 0 saturated heterocycles. The lowest BCUT2D eigenvalue weighted by atomic mass is 10.0. The molecule has 0 fully saturated rings.